The summed E-state index contributed by atoms with van der Waals surface area (Å²) in [6.45, 7) is 0.483. The van der Waals surface area contributed by atoms with Crippen molar-refractivity contribution in [3.63, 3.8) is 0 Å². The number of fused-ring (bicyclic) bond motifs is 2. The van der Waals surface area contributed by atoms with Crippen LogP contribution in [0.25, 0.3) is 0 Å². The number of nitrogens with one attached hydrogen (secondary N) is 1. The summed E-state index contributed by atoms with van der Waals surface area (Å²) in [6.07, 6.45) is 4.80. The van der Waals surface area contributed by atoms with Gasteiger partial charge in [0.2, 0.25) is 11.8 Å². The molecule has 0 aliphatic carbocycles. The zero-order chi connectivity index (χ0) is 20.9. The summed E-state index contributed by atoms with van der Waals surface area (Å²) < 4.78 is 6.81. The van der Waals surface area contributed by atoms with E-state index in [1.54, 1.807) is 21.8 Å². The lowest BCUT2D eigenvalue weighted by atomic mass is 9.73. The van der Waals surface area contributed by atoms with Gasteiger partial charge < -0.3 is 14.7 Å². The van der Waals surface area contributed by atoms with E-state index in [1.165, 1.54) is 0 Å². The quantitative estimate of drug-likeness (QED) is 0.693. The van der Waals surface area contributed by atoms with Crippen LogP contribution < -0.4 is 5.32 Å². The van der Waals surface area contributed by atoms with Gasteiger partial charge in [0.15, 0.2) is 5.15 Å². The summed E-state index contributed by atoms with van der Waals surface area (Å²) in [6, 6.07) is 8.89. The van der Waals surface area contributed by atoms with Gasteiger partial charge in [0.05, 0.1) is 12.2 Å². The fourth-order valence-corrected chi connectivity index (χ4v) is 4.94. The summed E-state index contributed by atoms with van der Waals surface area (Å²) >= 11 is 5.80. The third-order valence-electron chi connectivity index (χ3n) is 6.06. The van der Waals surface area contributed by atoms with E-state index < -0.39 is 11.5 Å². The summed E-state index contributed by atoms with van der Waals surface area (Å²) in [5, 5.41) is 11.2. The zero-order valence-corrected chi connectivity index (χ0v) is 17.1. The molecule has 3 aromatic rings. The Hall–Kier alpha value is -3.13. The van der Waals surface area contributed by atoms with E-state index in [4.69, 9.17) is 16.1 Å². The van der Waals surface area contributed by atoms with Crippen molar-refractivity contribution in [2.24, 2.45) is 7.05 Å². The zero-order valence-electron chi connectivity index (χ0n) is 16.3. The molecule has 2 aliphatic rings. The molecule has 4 heterocycles. The Morgan fingerprint density at radius 1 is 1.40 bits per heavy atom. The van der Waals surface area contributed by atoms with Gasteiger partial charge >= 0.3 is 0 Å². The lowest BCUT2D eigenvalue weighted by molar-refractivity contribution is -0.133. The van der Waals surface area contributed by atoms with Crippen LogP contribution in [0.15, 0.2) is 47.2 Å². The first-order valence-electron chi connectivity index (χ1n) is 9.79. The van der Waals surface area contributed by atoms with E-state index in [0.29, 0.717) is 25.1 Å². The van der Waals surface area contributed by atoms with Crippen molar-refractivity contribution in [3.8, 4) is 0 Å². The highest BCUT2D eigenvalue weighted by molar-refractivity contribution is 6.29. The average Bonchev–Trinajstić information content (AvgIpc) is 3.49. The molecule has 1 spiro atoms. The predicted molar refractivity (Wildman–Crippen MR) is 109 cm³/mol. The van der Waals surface area contributed by atoms with Crippen LogP contribution in [0.2, 0.25) is 5.15 Å². The number of aromatic nitrogens is 3. The van der Waals surface area contributed by atoms with Crippen LogP contribution in [0, 0.1) is 0 Å². The van der Waals surface area contributed by atoms with Crippen molar-refractivity contribution < 1.29 is 14.1 Å². The second-order valence-corrected chi connectivity index (χ2v) is 8.16. The number of likely N-dealkylation sites (tertiary alicyclic amines) is 1. The maximum atomic E-state index is 13.3. The number of hydrogen-bond acceptors (Lipinski definition) is 5. The van der Waals surface area contributed by atoms with Crippen LogP contribution >= 0.6 is 11.6 Å². The molecule has 2 aliphatic heterocycles. The van der Waals surface area contributed by atoms with Crippen molar-refractivity contribution in [1.82, 2.24) is 19.8 Å². The number of para-hydroxylation sites is 1. The van der Waals surface area contributed by atoms with Gasteiger partial charge in [-0.3, -0.25) is 14.3 Å². The molecule has 8 nitrogen and oxygen atoms in total. The molecule has 1 N–H and O–H groups in total. The van der Waals surface area contributed by atoms with Gasteiger partial charge in [-0.1, -0.05) is 35.0 Å². The largest absolute Gasteiger partial charge is 0.360 e. The molecule has 2 amide bonds. The number of benzene rings is 1. The predicted octanol–water partition coefficient (Wildman–Crippen LogP) is 2.86. The molecule has 0 bridgehead atoms. The second-order valence-electron chi connectivity index (χ2n) is 7.77. The molecule has 9 heteroatoms. The highest BCUT2D eigenvalue weighted by Crippen LogP contribution is 2.54. The second kappa shape index (κ2) is 6.98. The van der Waals surface area contributed by atoms with Crippen molar-refractivity contribution in [1.29, 1.82) is 0 Å². The van der Waals surface area contributed by atoms with Gasteiger partial charge in [-0.25, -0.2) is 0 Å². The summed E-state index contributed by atoms with van der Waals surface area (Å²) in [5.41, 5.74) is 1.76. The van der Waals surface area contributed by atoms with Crippen LogP contribution in [0.4, 0.5) is 5.69 Å². The molecule has 30 heavy (non-hydrogen) atoms. The molecule has 2 aromatic heterocycles. The number of carbonyl (C=O) groups excluding carboxylic acids is 2. The molecule has 5 rings (SSSR count). The van der Waals surface area contributed by atoms with Gasteiger partial charge in [-0.2, -0.15) is 5.10 Å². The molecule has 2 atom stereocenters. The lowest BCUT2D eigenvalue weighted by Gasteiger charge is -2.33. The minimum Gasteiger partial charge on any atom is -0.360 e. The lowest BCUT2D eigenvalue weighted by Crippen LogP contribution is -2.42. The fraction of sp³-hybridized carbons (Fsp3) is 0.333. The van der Waals surface area contributed by atoms with E-state index in [0.717, 1.165) is 16.8 Å². The third-order valence-corrected chi connectivity index (χ3v) is 6.24. The van der Waals surface area contributed by atoms with Crippen LogP contribution in [0.3, 0.4) is 0 Å². The number of halogens is 1. The number of aryl methyl sites for hydroxylation is 2. The number of carbonyl (C=O) groups is 2. The van der Waals surface area contributed by atoms with Gasteiger partial charge in [0, 0.05) is 49.9 Å². The number of hydrogen-bond donors (Lipinski definition) is 1. The van der Waals surface area contributed by atoms with Crippen LogP contribution in [-0.4, -0.2) is 38.2 Å². The average molecular weight is 426 g/mol. The normalized spacial score (nSPS) is 22.5. The first-order chi connectivity index (χ1) is 14.5. The van der Waals surface area contributed by atoms with Crippen molar-refractivity contribution in [2.45, 2.75) is 30.7 Å². The Bertz CT molecular complexity index is 1140. The van der Waals surface area contributed by atoms with Crippen molar-refractivity contribution in [2.75, 3.05) is 11.9 Å². The van der Waals surface area contributed by atoms with Gasteiger partial charge in [-0.15, -0.1) is 0 Å². The first-order valence-corrected chi connectivity index (χ1v) is 10.2. The van der Waals surface area contributed by atoms with E-state index in [2.05, 4.69) is 15.6 Å². The maximum Gasteiger partial charge on any atom is 0.237 e. The number of rotatable bonds is 4. The Kier molecular flexibility index (Phi) is 4.39. The standard InChI is InChI=1S/C21H20ClN5O3/c1-26-12-13(11-23-26)19-21(15-4-2-3-5-16(15)24-20(21)29)8-9-27(19)18(28)7-6-14-10-17(22)25-30-14/h2-5,10-12,19H,6-9H2,1H3,(H,24,29). The molecule has 2 unspecified atom stereocenters. The Morgan fingerprint density at radius 2 is 2.23 bits per heavy atom. The molecule has 1 aromatic carbocycles. The van der Waals surface area contributed by atoms with Crippen LogP contribution in [0.5, 0.6) is 0 Å². The Labute approximate surface area is 177 Å². The number of amides is 2. The minimum absolute atomic E-state index is 0.0505. The first kappa shape index (κ1) is 18.9. The highest BCUT2D eigenvalue weighted by atomic mass is 35.5. The monoisotopic (exact) mass is 425 g/mol. The molecule has 0 radical (unpaired) electrons. The maximum absolute atomic E-state index is 13.3. The van der Waals surface area contributed by atoms with Gasteiger partial charge in [0.1, 0.15) is 11.2 Å². The molecular weight excluding hydrogens is 406 g/mol. The minimum atomic E-state index is -0.829. The van der Waals surface area contributed by atoms with Crippen LogP contribution in [0.1, 0.15) is 35.8 Å². The number of nitrogens with zero attached hydrogens (tertiary/aromatic N) is 4. The SMILES string of the molecule is Cn1cc(C2N(C(=O)CCc3cc(Cl)no3)CCC23C(=O)Nc2ccccc23)cn1. The number of anilines is 1. The molecule has 1 fully saturated rings. The van der Waals surface area contributed by atoms with E-state index in [1.807, 2.05) is 37.5 Å². The summed E-state index contributed by atoms with van der Waals surface area (Å²) in [7, 11) is 1.83. The topological polar surface area (TPSA) is 93.3 Å². The highest BCUT2D eigenvalue weighted by Gasteiger charge is 2.59. The smallest absolute Gasteiger partial charge is 0.237 e. The molecule has 0 saturated carbocycles. The fourth-order valence-electron chi connectivity index (χ4n) is 4.78. The van der Waals surface area contributed by atoms with Gasteiger partial charge in [-0.05, 0) is 18.1 Å². The van der Waals surface area contributed by atoms with Crippen molar-refractivity contribution in [3.05, 3.63) is 64.8 Å². The Balaban J connectivity index is 1.51. The van der Waals surface area contributed by atoms with E-state index in [-0.39, 0.29) is 23.4 Å². The summed E-state index contributed by atoms with van der Waals surface area (Å²) in [5.74, 6) is 0.435. The molecular formula is C21H20ClN5O3. The third kappa shape index (κ3) is 2.82. The Morgan fingerprint density at radius 3 is 2.97 bits per heavy atom. The van der Waals surface area contributed by atoms with Gasteiger partial charge in [0.25, 0.3) is 0 Å². The van der Waals surface area contributed by atoms with Crippen molar-refractivity contribution >= 4 is 29.1 Å². The van der Waals surface area contributed by atoms with Crippen LogP contribution in [-0.2, 0) is 28.5 Å². The molecule has 1 saturated heterocycles. The summed E-state index contributed by atoms with van der Waals surface area (Å²) in [4.78, 5) is 28.3. The van der Waals surface area contributed by atoms with E-state index >= 15 is 0 Å². The van der Waals surface area contributed by atoms with E-state index in [9.17, 15) is 9.59 Å². The molecule has 154 valence electrons.